The van der Waals surface area contributed by atoms with Gasteiger partial charge in [-0.05, 0) is 38.8 Å². The molecule has 2 N–H and O–H groups in total. The van der Waals surface area contributed by atoms with E-state index in [4.69, 9.17) is 5.73 Å². The first-order valence-electron chi connectivity index (χ1n) is 6.45. The number of nitrogens with two attached hydrogens (primary N) is 1. The lowest BCUT2D eigenvalue weighted by molar-refractivity contribution is 0.583. The minimum atomic E-state index is 0.831. The maximum Gasteiger partial charge on any atom is 0.0675 e. The van der Waals surface area contributed by atoms with Gasteiger partial charge in [-0.15, -0.1) is 0 Å². The number of benzene rings is 1. The Hall–Kier alpha value is -1.77. The summed E-state index contributed by atoms with van der Waals surface area (Å²) < 4.78 is 2.07. The summed E-state index contributed by atoms with van der Waals surface area (Å²) in [5, 5.41) is 4.60. The van der Waals surface area contributed by atoms with Gasteiger partial charge in [0.1, 0.15) is 0 Å². The van der Waals surface area contributed by atoms with Crippen LogP contribution in [-0.2, 0) is 6.54 Å². The molecule has 2 aromatic rings. The van der Waals surface area contributed by atoms with E-state index in [1.807, 2.05) is 13.0 Å². The molecule has 1 aromatic carbocycles. The van der Waals surface area contributed by atoms with E-state index in [0.29, 0.717) is 0 Å². The molecule has 0 amide bonds. The molecule has 0 spiro atoms. The summed E-state index contributed by atoms with van der Waals surface area (Å²) in [7, 11) is 0. The SMILES string of the molecule is CCCn1nc(C)c(-c2ccc(C)cc2N)c1C. The van der Waals surface area contributed by atoms with Gasteiger partial charge in [-0.1, -0.05) is 19.1 Å². The summed E-state index contributed by atoms with van der Waals surface area (Å²) in [6.45, 7) is 9.34. The average molecular weight is 243 g/mol. The normalized spacial score (nSPS) is 10.9. The van der Waals surface area contributed by atoms with E-state index in [-0.39, 0.29) is 0 Å². The van der Waals surface area contributed by atoms with Crippen molar-refractivity contribution < 1.29 is 0 Å². The first kappa shape index (κ1) is 12.7. The Morgan fingerprint density at radius 1 is 1.22 bits per heavy atom. The van der Waals surface area contributed by atoms with E-state index in [0.717, 1.165) is 29.9 Å². The molecule has 0 fully saturated rings. The zero-order valence-electron chi connectivity index (χ0n) is 11.6. The highest BCUT2D eigenvalue weighted by atomic mass is 15.3. The molecule has 0 radical (unpaired) electrons. The maximum absolute atomic E-state index is 6.14. The fourth-order valence-corrected chi connectivity index (χ4v) is 2.43. The summed E-state index contributed by atoms with van der Waals surface area (Å²) in [5.41, 5.74) is 12.7. The number of nitrogen functional groups attached to an aromatic ring is 1. The Morgan fingerprint density at radius 3 is 2.56 bits per heavy atom. The fraction of sp³-hybridized carbons (Fsp3) is 0.400. The van der Waals surface area contributed by atoms with E-state index in [1.165, 1.54) is 16.8 Å². The molecule has 0 bridgehead atoms. The van der Waals surface area contributed by atoms with Gasteiger partial charge in [0.2, 0.25) is 0 Å². The second-order valence-corrected chi connectivity index (χ2v) is 4.86. The Bertz CT molecular complexity index is 567. The molecule has 0 unspecified atom stereocenters. The quantitative estimate of drug-likeness (QED) is 0.839. The lowest BCUT2D eigenvalue weighted by Gasteiger charge is -2.08. The molecule has 0 aliphatic rings. The third-order valence-electron chi connectivity index (χ3n) is 3.29. The minimum Gasteiger partial charge on any atom is -0.398 e. The van der Waals surface area contributed by atoms with Crippen LogP contribution in [-0.4, -0.2) is 9.78 Å². The largest absolute Gasteiger partial charge is 0.398 e. The van der Waals surface area contributed by atoms with Crippen molar-refractivity contribution in [1.29, 1.82) is 0 Å². The van der Waals surface area contributed by atoms with Crippen LogP contribution in [0.4, 0.5) is 5.69 Å². The van der Waals surface area contributed by atoms with Crippen molar-refractivity contribution in [2.45, 2.75) is 40.7 Å². The average Bonchev–Trinajstić information content (AvgIpc) is 2.56. The molecule has 3 nitrogen and oxygen atoms in total. The summed E-state index contributed by atoms with van der Waals surface area (Å²) in [6, 6.07) is 6.21. The second kappa shape index (κ2) is 4.84. The van der Waals surface area contributed by atoms with Crippen LogP contribution in [0.5, 0.6) is 0 Å². The monoisotopic (exact) mass is 243 g/mol. The summed E-state index contributed by atoms with van der Waals surface area (Å²) >= 11 is 0. The first-order valence-corrected chi connectivity index (χ1v) is 6.45. The van der Waals surface area contributed by atoms with Crippen LogP contribution >= 0.6 is 0 Å². The van der Waals surface area contributed by atoms with Crippen molar-refractivity contribution >= 4 is 5.69 Å². The third kappa shape index (κ3) is 2.13. The van der Waals surface area contributed by atoms with Gasteiger partial charge in [-0.3, -0.25) is 4.68 Å². The zero-order valence-corrected chi connectivity index (χ0v) is 11.6. The summed E-state index contributed by atoms with van der Waals surface area (Å²) in [6.07, 6.45) is 1.09. The highest BCUT2D eigenvalue weighted by molar-refractivity contribution is 5.79. The number of rotatable bonds is 3. The number of anilines is 1. The van der Waals surface area contributed by atoms with Crippen molar-refractivity contribution in [1.82, 2.24) is 9.78 Å². The van der Waals surface area contributed by atoms with Crippen LogP contribution in [0.3, 0.4) is 0 Å². The van der Waals surface area contributed by atoms with E-state index >= 15 is 0 Å². The van der Waals surface area contributed by atoms with Gasteiger partial charge in [-0.2, -0.15) is 5.10 Å². The van der Waals surface area contributed by atoms with Gasteiger partial charge >= 0.3 is 0 Å². The molecule has 18 heavy (non-hydrogen) atoms. The van der Waals surface area contributed by atoms with Crippen LogP contribution in [0.15, 0.2) is 18.2 Å². The van der Waals surface area contributed by atoms with E-state index < -0.39 is 0 Å². The standard InChI is InChI=1S/C15H21N3/c1-5-8-18-12(4)15(11(3)17-18)13-7-6-10(2)9-14(13)16/h6-7,9H,5,8,16H2,1-4H3. The smallest absolute Gasteiger partial charge is 0.0675 e. The summed E-state index contributed by atoms with van der Waals surface area (Å²) in [4.78, 5) is 0. The second-order valence-electron chi connectivity index (χ2n) is 4.86. The molecule has 0 saturated heterocycles. The van der Waals surface area contributed by atoms with E-state index in [1.54, 1.807) is 0 Å². The van der Waals surface area contributed by atoms with E-state index in [2.05, 4.69) is 42.7 Å². The van der Waals surface area contributed by atoms with Crippen molar-refractivity contribution in [3.8, 4) is 11.1 Å². The molecule has 0 atom stereocenters. The number of hydrogen-bond acceptors (Lipinski definition) is 2. The highest BCUT2D eigenvalue weighted by Gasteiger charge is 2.14. The van der Waals surface area contributed by atoms with Crippen molar-refractivity contribution in [2.24, 2.45) is 0 Å². The topological polar surface area (TPSA) is 43.8 Å². The van der Waals surface area contributed by atoms with Crippen LogP contribution in [0.2, 0.25) is 0 Å². The van der Waals surface area contributed by atoms with Gasteiger partial charge in [-0.25, -0.2) is 0 Å². The Kier molecular flexibility index (Phi) is 3.41. The number of nitrogens with zero attached hydrogens (tertiary/aromatic N) is 2. The van der Waals surface area contributed by atoms with Gasteiger partial charge in [0.05, 0.1) is 5.69 Å². The van der Waals surface area contributed by atoms with Gasteiger partial charge in [0.15, 0.2) is 0 Å². The van der Waals surface area contributed by atoms with E-state index in [9.17, 15) is 0 Å². The van der Waals surface area contributed by atoms with Crippen molar-refractivity contribution in [3.05, 3.63) is 35.2 Å². The predicted octanol–water partition coefficient (Wildman–Crippen LogP) is 3.47. The van der Waals surface area contributed by atoms with Gasteiger partial charge in [0, 0.05) is 29.1 Å². The maximum atomic E-state index is 6.14. The van der Waals surface area contributed by atoms with Crippen LogP contribution in [0, 0.1) is 20.8 Å². The van der Waals surface area contributed by atoms with Gasteiger partial charge < -0.3 is 5.73 Å². The van der Waals surface area contributed by atoms with Gasteiger partial charge in [0.25, 0.3) is 0 Å². The molecule has 96 valence electrons. The Labute approximate surface area is 109 Å². The first-order chi connectivity index (χ1) is 8.54. The third-order valence-corrected chi connectivity index (χ3v) is 3.29. The molecule has 0 saturated carbocycles. The molecular formula is C15H21N3. The molecule has 1 aromatic heterocycles. The van der Waals surface area contributed by atoms with Crippen LogP contribution in [0.25, 0.3) is 11.1 Å². The number of aromatic nitrogens is 2. The van der Waals surface area contributed by atoms with Crippen LogP contribution in [0.1, 0.15) is 30.3 Å². The molecular weight excluding hydrogens is 222 g/mol. The van der Waals surface area contributed by atoms with Crippen LogP contribution < -0.4 is 5.73 Å². The Morgan fingerprint density at radius 2 is 1.94 bits per heavy atom. The molecule has 0 aliphatic heterocycles. The lowest BCUT2D eigenvalue weighted by Crippen LogP contribution is -2.01. The zero-order chi connectivity index (χ0) is 13.3. The van der Waals surface area contributed by atoms with Crippen molar-refractivity contribution in [2.75, 3.05) is 5.73 Å². The predicted molar refractivity (Wildman–Crippen MR) is 76.6 cm³/mol. The van der Waals surface area contributed by atoms with Crippen molar-refractivity contribution in [3.63, 3.8) is 0 Å². The minimum absolute atomic E-state index is 0.831. The highest BCUT2D eigenvalue weighted by Crippen LogP contribution is 2.32. The number of aryl methyl sites for hydroxylation is 3. The molecule has 2 rings (SSSR count). The fourth-order valence-electron chi connectivity index (χ4n) is 2.43. The number of hydrogen-bond donors (Lipinski definition) is 1. The molecule has 0 aliphatic carbocycles. The summed E-state index contributed by atoms with van der Waals surface area (Å²) in [5.74, 6) is 0. The molecule has 1 heterocycles. The Balaban J connectivity index is 2.56. The lowest BCUT2D eigenvalue weighted by atomic mass is 10.0. The molecule has 3 heteroatoms.